The summed E-state index contributed by atoms with van der Waals surface area (Å²) in [6.07, 6.45) is 0.383. The van der Waals surface area contributed by atoms with Gasteiger partial charge in [-0.3, -0.25) is 9.78 Å². The molecule has 2 aromatic carbocycles. The average Bonchev–Trinajstić information content (AvgIpc) is 2.95. The highest BCUT2D eigenvalue weighted by atomic mass is 16.5. The van der Waals surface area contributed by atoms with Crippen LogP contribution >= 0.6 is 0 Å². The van der Waals surface area contributed by atoms with Crippen molar-refractivity contribution in [2.75, 3.05) is 25.1 Å². The molecule has 2 heterocycles. The Morgan fingerprint density at radius 2 is 1.64 bits per heavy atom. The summed E-state index contributed by atoms with van der Waals surface area (Å²) < 4.78 is 12.0. The Kier molecular flexibility index (Phi) is 9.38. The van der Waals surface area contributed by atoms with E-state index in [1.165, 1.54) is 0 Å². The van der Waals surface area contributed by atoms with Gasteiger partial charge in [0, 0.05) is 54.8 Å². The van der Waals surface area contributed by atoms with Gasteiger partial charge >= 0.3 is 5.97 Å². The predicted molar refractivity (Wildman–Crippen MR) is 165 cm³/mol. The first-order chi connectivity index (χ1) is 19.8. The van der Waals surface area contributed by atoms with Crippen molar-refractivity contribution in [3.63, 3.8) is 0 Å². The van der Waals surface area contributed by atoms with Crippen LogP contribution in [-0.4, -0.2) is 53.4 Å². The number of nitrogens with zero attached hydrogens (tertiary/aromatic N) is 2. The fraction of sp³-hybridized carbons (Fsp3) is 0.441. The quantitative estimate of drug-likeness (QED) is 0.312. The molecule has 0 radical (unpaired) electrons. The number of ether oxygens (including phenoxy) is 2. The molecule has 4 rings (SSSR count). The lowest BCUT2D eigenvalue weighted by atomic mass is 9.89. The van der Waals surface area contributed by atoms with Gasteiger partial charge in [0.05, 0.1) is 16.9 Å². The fourth-order valence-corrected chi connectivity index (χ4v) is 5.50. The molecule has 2 N–H and O–H groups in total. The van der Waals surface area contributed by atoms with Crippen molar-refractivity contribution in [1.29, 1.82) is 0 Å². The largest absolute Gasteiger partial charge is 0.479 e. The van der Waals surface area contributed by atoms with Crippen molar-refractivity contribution >= 4 is 17.6 Å². The number of aliphatic carboxylic acids is 1. The number of pyridine rings is 1. The van der Waals surface area contributed by atoms with E-state index < -0.39 is 17.7 Å². The third-order valence-corrected chi connectivity index (χ3v) is 7.90. The lowest BCUT2D eigenvalue weighted by Gasteiger charge is -2.42. The van der Waals surface area contributed by atoms with Crippen molar-refractivity contribution < 1.29 is 24.2 Å². The minimum atomic E-state index is -1.20. The zero-order valence-corrected chi connectivity index (χ0v) is 25.8. The molecule has 1 aromatic heterocycles. The number of methoxy groups -OCH3 is 1. The molecule has 0 unspecified atom stereocenters. The molecule has 0 aliphatic carbocycles. The van der Waals surface area contributed by atoms with E-state index in [2.05, 4.69) is 17.1 Å². The van der Waals surface area contributed by atoms with E-state index in [1.807, 2.05) is 77.1 Å². The van der Waals surface area contributed by atoms with Crippen molar-refractivity contribution in [3.8, 4) is 11.1 Å². The number of carbonyl (C=O) groups is 2. The Bertz CT molecular complexity index is 1410. The summed E-state index contributed by atoms with van der Waals surface area (Å²) in [5, 5.41) is 13.4. The normalized spacial score (nSPS) is 15.7. The lowest BCUT2D eigenvalue weighted by molar-refractivity contribution is -0.160. The molecule has 1 aliphatic heterocycles. The second-order valence-corrected chi connectivity index (χ2v) is 12.3. The van der Waals surface area contributed by atoms with E-state index in [1.54, 1.807) is 19.2 Å². The van der Waals surface area contributed by atoms with Gasteiger partial charge in [0.25, 0.3) is 5.91 Å². The Morgan fingerprint density at radius 1 is 1.02 bits per heavy atom. The minimum Gasteiger partial charge on any atom is -0.479 e. The summed E-state index contributed by atoms with van der Waals surface area (Å²) in [7, 11) is 1.74. The molecule has 3 aromatic rings. The SMILES string of the molecule is COC1(C)CCN(c2c(-c3ccc(C(=O)NCc4ccccc4)cc3)c(C)nc(C)c2[C@H](OC(C)(C)C)C(=O)O)CC1. The van der Waals surface area contributed by atoms with Gasteiger partial charge < -0.3 is 24.8 Å². The number of amides is 1. The van der Waals surface area contributed by atoms with Crippen LogP contribution in [0.2, 0.25) is 0 Å². The third-order valence-electron chi connectivity index (χ3n) is 7.90. The van der Waals surface area contributed by atoms with Crippen LogP contribution in [0.15, 0.2) is 54.6 Å². The molecule has 0 saturated carbocycles. The van der Waals surface area contributed by atoms with Crippen LogP contribution in [0.25, 0.3) is 11.1 Å². The first-order valence-electron chi connectivity index (χ1n) is 14.5. The second kappa shape index (κ2) is 12.6. The van der Waals surface area contributed by atoms with Crippen molar-refractivity contribution in [1.82, 2.24) is 10.3 Å². The van der Waals surface area contributed by atoms with E-state index in [4.69, 9.17) is 14.5 Å². The van der Waals surface area contributed by atoms with Crippen LogP contribution in [0, 0.1) is 13.8 Å². The first-order valence-corrected chi connectivity index (χ1v) is 14.5. The Labute approximate surface area is 249 Å². The molecule has 224 valence electrons. The highest BCUT2D eigenvalue weighted by Crippen LogP contribution is 2.44. The molecule has 8 heteroatoms. The summed E-state index contributed by atoms with van der Waals surface area (Å²) >= 11 is 0. The number of hydrogen-bond donors (Lipinski definition) is 2. The van der Waals surface area contributed by atoms with Gasteiger partial charge in [0.15, 0.2) is 6.10 Å². The van der Waals surface area contributed by atoms with E-state index in [9.17, 15) is 14.7 Å². The number of carboxylic acids is 1. The zero-order valence-electron chi connectivity index (χ0n) is 25.8. The Hall–Kier alpha value is -3.75. The highest BCUT2D eigenvalue weighted by molar-refractivity contribution is 5.95. The molecule has 1 fully saturated rings. The van der Waals surface area contributed by atoms with Crippen LogP contribution < -0.4 is 10.2 Å². The van der Waals surface area contributed by atoms with Gasteiger partial charge in [-0.25, -0.2) is 4.79 Å². The number of hydrogen-bond acceptors (Lipinski definition) is 6. The molecule has 1 saturated heterocycles. The molecule has 0 bridgehead atoms. The number of aryl methyl sites for hydroxylation is 2. The smallest absolute Gasteiger partial charge is 0.337 e. The van der Waals surface area contributed by atoms with Gasteiger partial charge in [-0.05, 0) is 77.6 Å². The maximum Gasteiger partial charge on any atom is 0.337 e. The average molecular weight is 574 g/mol. The Morgan fingerprint density at radius 3 is 2.19 bits per heavy atom. The summed E-state index contributed by atoms with van der Waals surface area (Å²) in [6.45, 7) is 13.3. The standard InChI is InChI=1S/C34H43N3O5/c1-22-27(25-13-15-26(16-14-25)31(38)35-21-24-11-9-8-10-12-24)29(37-19-17-34(6,41-7)18-20-37)28(23(2)36-22)30(32(39)40)42-33(3,4)5/h8-16,30H,17-21H2,1-7H3,(H,35,38)(H,39,40)/t30-/m0/s1. The number of aromatic nitrogens is 1. The topological polar surface area (TPSA) is 101 Å². The number of carbonyl (C=O) groups excluding carboxylic acids is 1. The fourth-order valence-electron chi connectivity index (χ4n) is 5.50. The minimum absolute atomic E-state index is 0.163. The Balaban J connectivity index is 1.77. The predicted octanol–water partition coefficient (Wildman–Crippen LogP) is 6.24. The van der Waals surface area contributed by atoms with Crippen molar-refractivity contribution in [3.05, 3.63) is 82.7 Å². The molecule has 1 atom stereocenters. The first kappa shape index (κ1) is 31.2. The summed E-state index contributed by atoms with van der Waals surface area (Å²) in [5.41, 5.74) is 5.12. The molecule has 1 aliphatic rings. The van der Waals surface area contributed by atoms with Crippen molar-refractivity contribution in [2.45, 2.75) is 78.2 Å². The number of rotatable bonds is 9. The lowest BCUT2D eigenvalue weighted by Crippen LogP contribution is -2.44. The van der Waals surface area contributed by atoms with Crippen LogP contribution in [0.5, 0.6) is 0 Å². The van der Waals surface area contributed by atoms with E-state index in [0.717, 1.165) is 40.9 Å². The van der Waals surface area contributed by atoms with Crippen LogP contribution in [0.4, 0.5) is 5.69 Å². The maximum atomic E-state index is 12.9. The van der Waals surface area contributed by atoms with E-state index in [-0.39, 0.29) is 11.5 Å². The van der Waals surface area contributed by atoms with Crippen LogP contribution in [0.1, 0.15) is 79.5 Å². The summed E-state index contributed by atoms with van der Waals surface area (Å²) in [6, 6.07) is 17.2. The third kappa shape index (κ3) is 7.17. The summed E-state index contributed by atoms with van der Waals surface area (Å²) in [4.78, 5) is 32.7. The van der Waals surface area contributed by atoms with E-state index >= 15 is 0 Å². The summed E-state index contributed by atoms with van der Waals surface area (Å²) in [5.74, 6) is -1.22. The number of benzene rings is 2. The van der Waals surface area contributed by atoms with Crippen molar-refractivity contribution in [2.24, 2.45) is 0 Å². The van der Waals surface area contributed by atoms with Gasteiger partial charge in [-0.15, -0.1) is 0 Å². The number of piperidine rings is 1. The molecular weight excluding hydrogens is 530 g/mol. The van der Waals surface area contributed by atoms with Gasteiger partial charge in [0.1, 0.15) is 0 Å². The van der Waals surface area contributed by atoms with Gasteiger partial charge in [-0.1, -0.05) is 42.5 Å². The highest BCUT2D eigenvalue weighted by Gasteiger charge is 2.37. The van der Waals surface area contributed by atoms with Crippen LogP contribution in [-0.2, 0) is 20.8 Å². The molecule has 42 heavy (non-hydrogen) atoms. The number of anilines is 1. The maximum absolute atomic E-state index is 12.9. The molecular formula is C34H43N3O5. The molecule has 1 amide bonds. The van der Waals surface area contributed by atoms with Gasteiger partial charge in [-0.2, -0.15) is 0 Å². The molecule has 8 nitrogen and oxygen atoms in total. The number of nitrogens with one attached hydrogen (secondary N) is 1. The van der Waals surface area contributed by atoms with E-state index in [0.29, 0.717) is 36.5 Å². The zero-order chi connectivity index (χ0) is 30.7. The molecule has 0 spiro atoms. The van der Waals surface area contributed by atoms with Gasteiger partial charge in [0.2, 0.25) is 0 Å². The second-order valence-electron chi connectivity index (χ2n) is 12.3. The van der Waals surface area contributed by atoms with Crippen LogP contribution in [0.3, 0.4) is 0 Å². The monoisotopic (exact) mass is 573 g/mol. The number of carboxylic acid groups (broad SMARTS) is 1.